The first-order chi connectivity index (χ1) is 14.0. The van der Waals surface area contributed by atoms with Crippen molar-refractivity contribution >= 4 is 11.9 Å². The van der Waals surface area contributed by atoms with E-state index in [1.165, 1.54) is 109 Å². The summed E-state index contributed by atoms with van der Waals surface area (Å²) >= 11 is 0. The molecule has 0 rings (SSSR count). The Morgan fingerprint density at radius 2 is 0.897 bits per heavy atom. The normalized spacial score (nSPS) is 10.2. The van der Waals surface area contributed by atoms with Crippen LogP contribution in [0.15, 0.2) is 12.7 Å². The van der Waals surface area contributed by atoms with E-state index in [0.29, 0.717) is 6.42 Å². The average Bonchev–Trinajstić information content (AvgIpc) is 2.70. The zero-order valence-corrected chi connectivity index (χ0v) is 19.3. The number of amides is 1. The van der Waals surface area contributed by atoms with Gasteiger partial charge in [0.15, 0.2) is 0 Å². The fraction of sp³-hybridized carbons (Fsp3) is 0.840. The molecule has 29 heavy (non-hydrogen) atoms. The number of primary amides is 1. The van der Waals surface area contributed by atoms with Gasteiger partial charge in [0, 0.05) is 6.42 Å². The van der Waals surface area contributed by atoms with E-state index < -0.39 is 11.9 Å². The van der Waals surface area contributed by atoms with Gasteiger partial charge >= 0.3 is 5.97 Å². The Morgan fingerprint density at radius 1 is 0.655 bits per heavy atom. The van der Waals surface area contributed by atoms with Crippen LogP contribution in [0, 0.1) is 0 Å². The second-order valence-electron chi connectivity index (χ2n) is 8.11. The quantitative estimate of drug-likeness (QED) is 0.151. The van der Waals surface area contributed by atoms with E-state index in [1.807, 2.05) is 0 Å². The largest absolute Gasteiger partial charge is 0.481 e. The second-order valence-corrected chi connectivity index (χ2v) is 8.11. The van der Waals surface area contributed by atoms with Crippen LogP contribution in [0.1, 0.15) is 135 Å². The molecule has 0 aromatic carbocycles. The van der Waals surface area contributed by atoms with Gasteiger partial charge in [-0.15, -0.1) is 0 Å². The number of nitrogens with two attached hydrogens (primary N) is 1. The Balaban J connectivity index is 0. The molecular weight excluding hydrogens is 362 g/mol. The molecule has 0 atom stereocenters. The number of carbonyl (C=O) groups is 2. The van der Waals surface area contributed by atoms with E-state index in [4.69, 9.17) is 5.11 Å². The summed E-state index contributed by atoms with van der Waals surface area (Å²) < 4.78 is 0. The van der Waals surface area contributed by atoms with Crippen LogP contribution in [-0.4, -0.2) is 17.0 Å². The Kier molecular flexibility index (Phi) is 27.5. The van der Waals surface area contributed by atoms with Gasteiger partial charge in [-0.2, -0.15) is 0 Å². The molecule has 0 heterocycles. The number of aliphatic carboxylic acids is 1. The van der Waals surface area contributed by atoms with Crippen molar-refractivity contribution in [2.24, 2.45) is 5.73 Å². The molecule has 0 saturated heterocycles. The summed E-state index contributed by atoms with van der Waals surface area (Å²) in [6.45, 7) is 5.37. The topological polar surface area (TPSA) is 80.4 Å². The SMILES string of the molecule is C=CC(N)=O.CCCCCCCCCCCCCCCCCCCCCC(=O)O. The third-order valence-electron chi connectivity index (χ3n) is 5.20. The van der Waals surface area contributed by atoms with Crippen LogP contribution in [-0.2, 0) is 9.59 Å². The minimum absolute atomic E-state index is 0.346. The molecule has 4 heteroatoms. The molecule has 0 radical (unpaired) electrons. The number of unbranched alkanes of at least 4 members (excludes halogenated alkanes) is 18. The van der Waals surface area contributed by atoms with E-state index in [-0.39, 0.29) is 0 Å². The maximum Gasteiger partial charge on any atom is 0.303 e. The molecule has 0 aliphatic rings. The lowest BCUT2D eigenvalue weighted by Crippen LogP contribution is -2.04. The van der Waals surface area contributed by atoms with E-state index in [9.17, 15) is 9.59 Å². The highest BCUT2D eigenvalue weighted by Crippen LogP contribution is 2.14. The van der Waals surface area contributed by atoms with E-state index in [2.05, 4.69) is 19.2 Å². The highest BCUT2D eigenvalue weighted by atomic mass is 16.4. The lowest BCUT2D eigenvalue weighted by atomic mass is 10.0. The first-order valence-electron chi connectivity index (χ1n) is 12.2. The lowest BCUT2D eigenvalue weighted by Gasteiger charge is -2.03. The maximum absolute atomic E-state index is 10.4. The second kappa shape index (κ2) is 26.7. The van der Waals surface area contributed by atoms with Crippen molar-refractivity contribution in [3.05, 3.63) is 12.7 Å². The van der Waals surface area contributed by atoms with E-state index in [0.717, 1.165) is 18.9 Å². The standard InChI is InChI=1S/C22H44O2.C3H5NO/c1-2-3-4-5-6-7-8-9-10-11-12-13-14-15-16-17-18-19-20-21-22(23)24;1-2-3(4)5/h2-21H2,1H3,(H,23,24);2H,1H2,(H2,4,5). The van der Waals surface area contributed by atoms with Gasteiger partial charge < -0.3 is 10.8 Å². The van der Waals surface area contributed by atoms with Crippen molar-refractivity contribution in [2.75, 3.05) is 0 Å². The maximum atomic E-state index is 10.4. The van der Waals surface area contributed by atoms with Crippen molar-refractivity contribution in [3.63, 3.8) is 0 Å². The van der Waals surface area contributed by atoms with Gasteiger partial charge in [0.05, 0.1) is 0 Å². The fourth-order valence-corrected chi connectivity index (χ4v) is 3.35. The molecule has 3 N–H and O–H groups in total. The number of carboxylic acid groups (broad SMARTS) is 1. The van der Waals surface area contributed by atoms with Crippen LogP contribution >= 0.6 is 0 Å². The number of carboxylic acids is 1. The minimum atomic E-state index is -0.651. The molecule has 0 aromatic rings. The predicted octanol–water partition coefficient (Wildman–Crippen LogP) is 7.55. The average molecular weight is 412 g/mol. The van der Waals surface area contributed by atoms with Crippen LogP contribution in [0.5, 0.6) is 0 Å². The smallest absolute Gasteiger partial charge is 0.303 e. The summed E-state index contributed by atoms with van der Waals surface area (Å²) in [5.41, 5.74) is 4.53. The fourth-order valence-electron chi connectivity index (χ4n) is 3.35. The van der Waals surface area contributed by atoms with E-state index in [1.54, 1.807) is 0 Å². The summed E-state index contributed by atoms with van der Waals surface area (Å²) in [5.74, 6) is -1.13. The van der Waals surface area contributed by atoms with Crippen LogP contribution in [0.3, 0.4) is 0 Å². The number of hydrogen-bond donors (Lipinski definition) is 2. The monoisotopic (exact) mass is 411 g/mol. The molecule has 1 amide bonds. The number of carbonyl (C=O) groups excluding carboxylic acids is 1. The predicted molar refractivity (Wildman–Crippen MR) is 125 cm³/mol. The summed E-state index contributed by atoms with van der Waals surface area (Å²) in [6, 6.07) is 0. The van der Waals surface area contributed by atoms with Crippen LogP contribution < -0.4 is 5.73 Å². The molecule has 172 valence electrons. The van der Waals surface area contributed by atoms with Gasteiger partial charge in [-0.25, -0.2) is 0 Å². The third kappa shape index (κ3) is 34.6. The number of hydrogen-bond acceptors (Lipinski definition) is 2. The Bertz CT molecular complexity index is 369. The minimum Gasteiger partial charge on any atom is -0.481 e. The molecule has 0 unspecified atom stereocenters. The Morgan fingerprint density at radius 3 is 1.10 bits per heavy atom. The summed E-state index contributed by atoms with van der Waals surface area (Å²) in [6.07, 6.45) is 27.2. The van der Waals surface area contributed by atoms with E-state index >= 15 is 0 Å². The van der Waals surface area contributed by atoms with Gasteiger partial charge in [-0.1, -0.05) is 129 Å². The Labute approximate surface area is 180 Å². The molecule has 0 bridgehead atoms. The van der Waals surface area contributed by atoms with Crippen molar-refractivity contribution in [1.82, 2.24) is 0 Å². The van der Waals surface area contributed by atoms with Gasteiger partial charge in [0.25, 0.3) is 0 Å². The highest BCUT2D eigenvalue weighted by Gasteiger charge is 1.97. The van der Waals surface area contributed by atoms with Gasteiger partial charge in [0.1, 0.15) is 0 Å². The van der Waals surface area contributed by atoms with Crippen LogP contribution in [0.4, 0.5) is 0 Å². The van der Waals surface area contributed by atoms with Crippen molar-refractivity contribution < 1.29 is 14.7 Å². The molecular formula is C25H49NO3. The molecule has 4 nitrogen and oxygen atoms in total. The molecule has 0 aliphatic carbocycles. The lowest BCUT2D eigenvalue weighted by molar-refractivity contribution is -0.137. The van der Waals surface area contributed by atoms with Gasteiger partial charge in [-0.05, 0) is 12.5 Å². The first kappa shape index (κ1) is 29.9. The molecule has 0 fully saturated rings. The summed E-state index contributed by atoms with van der Waals surface area (Å²) in [5, 5.41) is 8.56. The summed E-state index contributed by atoms with van der Waals surface area (Å²) in [7, 11) is 0. The third-order valence-corrected chi connectivity index (χ3v) is 5.20. The zero-order chi connectivity index (χ0) is 22.0. The van der Waals surface area contributed by atoms with Crippen LogP contribution in [0.25, 0.3) is 0 Å². The molecule has 0 aliphatic heterocycles. The zero-order valence-electron chi connectivity index (χ0n) is 19.3. The highest BCUT2D eigenvalue weighted by molar-refractivity contribution is 5.84. The van der Waals surface area contributed by atoms with Crippen molar-refractivity contribution in [1.29, 1.82) is 0 Å². The summed E-state index contributed by atoms with van der Waals surface area (Å²) in [4.78, 5) is 19.9. The van der Waals surface area contributed by atoms with Crippen molar-refractivity contribution in [3.8, 4) is 0 Å². The van der Waals surface area contributed by atoms with Crippen molar-refractivity contribution in [2.45, 2.75) is 135 Å². The molecule has 0 saturated carbocycles. The van der Waals surface area contributed by atoms with Gasteiger partial charge in [-0.3, -0.25) is 9.59 Å². The number of rotatable bonds is 21. The Hall–Kier alpha value is -1.32. The first-order valence-corrected chi connectivity index (χ1v) is 12.2. The van der Waals surface area contributed by atoms with Gasteiger partial charge in [0.2, 0.25) is 5.91 Å². The molecule has 0 aromatic heterocycles. The van der Waals surface area contributed by atoms with Crippen LogP contribution in [0.2, 0.25) is 0 Å². The molecule has 0 spiro atoms.